The van der Waals surface area contributed by atoms with Gasteiger partial charge in [0.15, 0.2) is 0 Å². The third-order valence-corrected chi connectivity index (χ3v) is 6.03. The van der Waals surface area contributed by atoms with Crippen LogP contribution in [0.5, 0.6) is 0 Å². The van der Waals surface area contributed by atoms with Gasteiger partial charge in [0.2, 0.25) is 17.7 Å². The van der Waals surface area contributed by atoms with Crippen molar-refractivity contribution in [2.45, 2.75) is 12.8 Å². The van der Waals surface area contributed by atoms with Crippen molar-refractivity contribution in [1.82, 2.24) is 10.2 Å². The van der Waals surface area contributed by atoms with E-state index in [1.807, 2.05) is 30.3 Å². The molecule has 168 valence electrons. The summed E-state index contributed by atoms with van der Waals surface area (Å²) in [6.07, 6.45) is 0.408. The van der Waals surface area contributed by atoms with Gasteiger partial charge in [-0.1, -0.05) is 18.2 Å². The number of nitrogens with zero attached hydrogens (tertiary/aromatic N) is 3. The Kier molecular flexibility index (Phi) is 6.68. The predicted molar refractivity (Wildman–Crippen MR) is 120 cm³/mol. The number of hydrogen-bond donors (Lipinski definition) is 1. The molecule has 2 saturated heterocycles. The van der Waals surface area contributed by atoms with E-state index in [0.29, 0.717) is 32.7 Å². The fraction of sp³-hybridized carbons (Fsp3) is 0.375. The van der Waals surface area contributed by atoms with E-state index in [0.717, 1.165) is 11.4 Å². The smallest absolute Gasteiger partial charge is 0.227 e. The lowest BCUT2D eigenvalue weighted by Gasteiger charge is -2.36. The molecule has 2 aliphatic heterocycles. The van der Waals surface area contributed by atoms with Gasteiger partial charge in [0, 0.05) is 63.5 Å². The number of anilines is 2. The zero-order valence-electron chi connectivity index (χ0n) is 17.9. The van der Waals surface area contributed by atoms with E-state index >= 15 is 0 Å². The Morgan fingerprint density at radius 1 is 0.938 bits per heavy atom. The maximum Gasteiger partial charge on any atom is 0.227 e. The first-order valence-electron chi connectivity index (χ1n) is 10.9. The summed E-state index contributed by atoms with van der Waals surface area (Å²) in [6.45, 7) is 3.16. The molecule has 0 bridgehead atoms. The van der Waals surface area contributed by atoms with E-state index in [1.165, 1.54) is 12.1 Å². The van der Waals surface area contributed by atoms with Gasteiger partial charge in [0.05, 0.1) is 5.92 Å². The molecule has 0 aromatic heterocycles. The Balaban J connectivity index is 1.19. The average Bonchev–Trinajstić information content (AvgIpc) is 3.22. The second-order valence-electron chi connectivity index (χ2n) is 8.13. The molecule has 0 spiro atoms. The van der Waals surface area contributed by atoms with Crippen LogP contribution in [-0.2, 0) is 14.4 Å². The van der Waals surface area contributed by atoms with Crippen LogP contribution in [0.2, 0.25) is 0 Å². The van der Waals surface area contributed by atoms with Crippen LogP contribution in [0.25, 0.3) is 0 Å². The van der Waals surface area contributed by atoms with Gasteiger partial charge in [0.1, 0.15) is 5.82 Å². The second-order valence-corrected chi connectivity index (χ2v) is 8.13. The van der Waals surface area contributed by atoms with Gasteiger partial charge in [-0.15, -0.1) is 0 Å². The van der Waals surface area contributed by atoms with Crippen LogP contribution in [0, 0.1) is 11.7 Å². The lowest BCUT2D eigenvalue weighted by atomic mass is 10.1. The molecule has 7 nitrogen and oxygen atoms in total. The normalized spacial score (nSPS) is 18.7. The van der Waals surface area contributed by atoms with Crippen molar-refractivity contribution in [3.8, 4) is 0 Å². The zero-order valence-corrected chi connectivity index (χ0v) is 17.9. The largest absolute Gasteiger partial charge is 0.368 e. The highest BCUT2D eigenvalue weighted by molar-refractivity contribution is 6.00. The summed E-state index contributed by atoms with van der Waals surface area (Å²) in [5.74, 6) is -0.925. The van der Waals surface area contributed by atoms with E-state index < -0.39 is 5.92 Å². The Morgan fingerprint density at radius 3 is 2.31 bits per heavy atom. The summed E-state index contributed by atoms with van der Waals surface area (Å²) < 4.78 is 13.1. The lowest BCUT2D eigenvalue weighted by Crippen LogP contribution is -2.49. The molecule has 2 aromatic carbocycles. The molecule has 4 rings (SSSR count). The van der Waals surface area contributed by atoms with Gasteiger partial charge >= 0.3 is 0 Å². The van der Waals surface area contributed by atoms with Crippen molar-refractivity contribution in [1.29, 1.82) is 0 Å². The Hall–Kier alpha value is -3.42. The van der Waals surface area contributed by atoms with Crippen LogP contribution < -0.4 is 15.1 Å². The third-order valence-electron chi connectivity index (χ3n) is 6.03. The number of amides is 3. The minimum Gasteiger partial charge on any atom is -0.368 e. The maximum atomic E-state index is 13.1. The van der Waals surface area contributed by atoms with E-state index in [9.17, 15) is 18.8 Å². The number of benzene rings is 2. The van der Waals surface area contributed by atoms with Gasteiger partial charge in [-0.3, -0.25) is 14.4 Å². The molecule has 32 heavy (non-hydrogen) atoms. The summed E-state index contributed by atoms with van der Waals surface area (Å²) >= 11 is 0. The number of halogens is 1. The number of rotatable bonds is 6. The number of nitrogens with one attached hydrogen (secondary N) is 1. The molecule has 1 atom stereocenters. The molecule has 2 aromatic rings. The minimum atomic E-state index is -0.405. The van der Waals surface area contributed by atoms with Crippen molar-refractivity contribution >= 4 is 29.1 Å². The topological polar surface area (TPSA) is 73.0 Å². The minimum absolute atomic E-state index is 0.00235. The number of piperazine rings is 1. The summed E-state index contributed by atoms with van der Waals surface area (Å²) in [5, 5.41) is 2.82. The third kappa shape index (κ3) is 5.07. The molecule has 8 heteroatoms. The van der Waals surface area contributed by atoms with Gasteiger partial charge < -0.3 is 20.0 Å². The molecule has 0 unspecified atom stereocenters. The SMILES string of the molecule is O=C(NCCC(=O)N1CCN(c2ccc(F)cc2)CC1)[C@@H]1CC(=O)N(c2ccccc2)C1. The molecule has 0 radical (unpaired) electrons. The number of carbonyl (C=O) groups is 3. The van der Waals surface area contributed by atoms with E-state index in [2.05, 4.69) is 10.2 Å². The van der Waals surface area contributed by atoms with Gasteiger partial charge in [-0.05, 0) is 36.4 Å². The average molecular weight is 439 g/mol. The molecule has 2 aliphatic rings. The Morgan fingerprint density at radius 2 is 1.62 bits per heavy atom. The van der Waals surface area contributed by atoms with Crippen LogP contribution in [-0.4, -0.2) is 61.9 Å². The highest BCUT2D eigenvalue weighted by Gasteiger charge is 2.35. The molecule has 2 heterocycles. The van der Waals surface area contributed by atoms with E-state index in [-0.39, 0.29) is 42.9 Å². The summed E-state index contributed by atoms with van der Waals surface area (Å²) in [6, 6.07) is 15.7. The fourth-order valence-electron chi connectivity index (χ4n) is 4.20. The van der Waals surface area contributed by atoms with Crippen molar-refractivity contribution in [3.63, 3.8) is 0 Å². The summed E-state index contributed by atoms with van der Waals surface area (Å²) in [5.41, 5.74) is 1.74. The molecule has 1 N–H and O–H groups in total. The number of carbonyl (C=O) groups excluding carboxylic acids is 3. The van der Waals surface area contributed by atoms with Crippen molar-refractivity contribution in [2.75, 3.05) is 49.1 Å². The van der Waals surface area contributed by atoms with Gasteiger partial charge in [-0.25, -0.2) is 4.39 Å². The number of para-hydroxylation sites is 1. The monoisotopic (exact) mass is 438 g/mol. The van der Waals surface area contributed by atoms with Crippen molar-refractivity contribution in [3.05, 3.63) is 60.4 Å². The molecular weight excluding hydrogens is 411 g/mol. The standard InChI is InChI=1S/C24H27FN4O3/c25-19-6-8-20(9-7-19)27-12-14-28(15-13-27)22(30)10-11-26-24(32)18-16-23(31)29(17-18)21-4-2-1-3-5-21/h1-9,18H,10-17H2,(H,26,32)/t18-/m1/s1. The molecule has 2 fully saturated rings. The second kappa shape index (κ2) is 9.80. The van der Waals surface area contributed by atoms with Crippen LogP contribution >= 0.6 is 0 Å². The predicted octanol–water partition coefficient (Wildman–Crippen LogP) is 2.03. The van der Waals surface area contributed by atoms with E-state index in [4.69, 9.17) is 0 Å². The van der Waals surface area contributed by atoms with Crippen LogP contribution in [0.4, 0.5) is 15.8 Å². The Labute approximate surface area is 186 Å². The number of hydrogen-bond acceptors (Lipinski definition) is 4. The first-order chi connectivity index (χ1) is 15.5. The summed E-state index contributed by atoms with van der Waals surface area (Å²) in [4.78, 5) is 42.9. The lowest BCUT2D eigenvalue weighted by molar-refractivity contribution is -0.131. The molecule has 3 amide bonds. The molecule has 0 saturated carbocycles. The summed E-state index contributed by atoms with van der Waals surface area (Å²) in [7, 11) is 0. The van der Waals surface area contributed by atoms with Gasteiger partial charge in [0.25, 0.3) is 0 Å². The molecule has 0 aliphatic carbocycles. The highest BCUT2D eigenvalue weighted by Crippen LogP contribution is 2.25. The van der Waals surface area contributed by atoms with Crippen LogP contribution in [0.15, 0.2) is 54.6 Å². The fourth-order valence-corrected chi connectivity index (χ4v) is 4.20. The Bertz CT molecular complexity index is 959. The van der Waals surface area contributed by atoms with Crippen LogP contribution in [0.1, 0.15) is 12.8 Å². The zero-order chi connectivity index (χ0) is 22.5. The van der Waals surface area contributed by atoms with E-state index in [1.54, 1.807) is 21.9 Å². The quantitative estimate of drug-likeness (QED) is 0.749. The maximum absolute atomic E-state index is 13.1. The van der Waals surface area contributed by atoms with Gasteiger partial charge in [-0.2, -0.15) is 0 Å². The van der Waals surface area contributed by atoms with Crippen molar-refractivity contribution in [2.24, 2.45) is 5.92 Å². The molecular formula is C24H27FN4O3. The van der Waals surface area contributed by atoms with Crippen LogP contribution in [0.3, 0.4) is 0 Å². The first-order valence-corrected chi connectivity index (χ1v) is 10.9. The van der Waals surface area contributed by atoms with Crippen molar-refractivity contribution < 1.29 is 18.8 Å². The first kappa shape index (κ1) is 21.8. The highest BCUT2D eigenvalue weighted by atomic mass is 19.1.